The number of rotatable bonds is 2. The molecule has 1 N–H and O–H groups in total. The molecule has 1 fully saturated rings. The van der Waals surface area contributed by atoms with E-state index in [1.807, 2.05) is 29.3 Å². The van der Waals surface area contributed by atoms with E-state index in [2.05, 4.69) is 4.99 Å². The van der Waals surface area contributed by atoms with Crippen LogP contribution >= 0.6 is 0 Å². The molecule has 1 unspecified atom stereocenters. The van der Waals surface area contributed by atoms with E-state index < -0.39 is 18.3 Å². The van der Waals surface area contributed by atoms with E-state index in [-0.39, 0.29) is 0 Å². The Morgan fingerprint density at radius 2 is 2.36 bits per heavy atom. The van der Waals surface area contributed by atoms with E-state index in [0.29, 0.717) is 24.6 Å². The minimum Gasteiger partial charge on any atom is -0.473 e. The number of aliphatic hydroxyl groups is 1. The number of para-hydroxylation sites is 1. The number of carbonyl (C=O) groups excluding carboxylic acids is 1. The highest BCUT2D eigenvalue weighted by molar-refractivity contribution is 6.00. The van der Waals surface area contributed by atoms with E-state index in [1.165, 1.54) is 4.90 Å². The lowest BCUT2D eigenvalue weighted by Gasteiger charge is -2.22. The maximum atomic E-state index is 12.1. The standard InChI is InChI=1S/C15H15N3O4/c1-9(19)12-7-18(15(20)22-12)11-4-2-3-10-14(11)21-8-13-16-5-6-17(10)13/h2-6,9,12,19H,7-8H2,1H3/q+1/t9?,12-/m1/s1. The predicted molar refractivity (Wildman–Crippen MR) is 79.6 cm³/mol. The van der Waals surface area contributed by atoms with Crippen LogP contribution in [0.2, 0.25) is 0 Å². The van der Waals surface area contributed by atoms with Crippen LogP contribution in [0.4, 0.5) is 16.2 Å². The molecule has 0 aliphatic carbocycles. The number of hydrogen-bond donors (Lipinski definition) is 1. The van der Waals surface area contributed by atoms with Gasteiger partial charge in [-0.2, -0.15) is 4.99 Å². The van der Waals surface area contributed by atoms with Gasteiger partial charge in [0.2, 0.25) is 11.4 Å². The second kappa shape index (κ2) is 4.82. The van der Waals surface area contributed by atoms with Crippen LogP contribution in [-0.4, -0.2) is 42.4 Å². The van der Waals surface area contributed by atoms with Crippen molar-refractivity contribution in [2.24, 2.45) is 4.99 Å². The van der Waals surface area contributed by atoms with Crippen molar-refractivity contribution in [1.29, 1.82) is 0 Å². The molecule has 22 heavy (non-hydrogen) atoms. The van der Waals surface area contributed by atoms with E-state index >= 15 is 0 Å². The van der Waals surface area contributed by atoms with Gasteiger partial charge < -0.3 is 14.6 Å². The van der Waals surface area contributed by atoms with E-state index in [0.717, 1.165) is 11.5 Å². The number of benzene rings is 1. The summed E-state index contributed by atoms with van der Waals surface area (Å²) >= 11 is 0. The van der Waals surface area contributed by atoms with Gasteiger partial charge in [-0.15, -0.1) is 0 Å². The maximum Gasteiger partial charge on any atom is 0.414 e. The molecule has 0 saturated carbocycles. The largest absolute Gasteiger partial charge is 0.473 e. The third kappa shape index (κ3) is 1.90. The zero-order valence-corrected chi connectivity index (χ0v) is 12.0. The number of aliphatic imine (C=N–C) groups is 1. The van der Waals surface area contributed by atoms with Gasteiger partial charge in [-0.25, -0.2) is 4.79 Å². The molecule has 1 aromatic rings. The normalized spacial score (nSPS) is 24.5. The average molecular weight is 301 g/mol. The monoisotopic (exact) mass is 301 g/mol. The Bertz CT molecular complexity index is 698. The average Bonchev–Trinajstić information content (AvgIpc) is 3.12. The van der Waals surface area contributed by atoms with Crippen molar-refractivity contribution < 1.29 is 19.4 Å². The number of carbonyl (C=O) groups is 1. The van der Waals surface area contributed by atoms with Gasteiger partial charge in [0.1, 0.15) is 6.10 Å². The number of hydrogen-bond acceptors (Lipinski definition) is 6. The second-order valence-corrected chi connectivity index (χ2v) is 5.40. The number of ether oxygens (including phenoxy) is 2. The maximum absolute atomic E-state index is 12.1. The predicted octanol–water partition coefficient (Wildman–Crippen LogP) is 1.44. The Hall–Kier alpha value is -2.38. The molecule has 2 atom stereocenters. The topological polar surface area (TPSA) is 77.3 Å². The summed E-state index contributed by atoms with van der Waals surface area (Å²) in [6.07, 6.45) is 1.86. The minimum atomic E-state index is -0.713. The Morgan fingerprint density at radius 1 is 1.50 bits per heavy atom. The fraction of sp³-hybridized carbons (Fsp3) is 0.333. The van der Waals surface area contributed by atoms with Crippen LogP contribution in [0.15, 0.2) is 35.6 Å². The van der Waals surface area contributed by atoms with Crippen molar-refractivity contribution in [3.05, 3.63) is 30.6 Å². The Balaban J connectivity index is 1.72. The van der Waals surface area contributed by atoms with Gasteiger partial charge in [0.25, 0.3) is 0 Å². The molecule has 0 bridgehead atoms. The van der Waals surface area contributed by atoms with Crippen molar-refractivity contribution in [1.82, 2.24) is 4.90 Å². The molecular weight excluding hydrogens is 286 g/mol. The van der Waals surface area contributed by atoms with Crippen molar-refractivity contribution in [2.45, 2.75) is 19.1 Å². The van der Waals surface area contributed by atoms with Crippen LogP contribution in [0, 0.1) is 0 Å². The Kier molecular flexibility index (Phi) is 2.91. The number of amidine groups is 1. The number of anilines is 2. The van der Waals surface area contributed by atoms with Crippen LogP contribution in [0.3, 0.4) is 0 Å². The summed E-state index contributed by atoms with van der Waals surface area (Å²) in [4.78, 5) is 19.8. The number of fused-ring (bicyclic) bond motifs is 3. The summed E-state index contributed by atoms with van der Waals surface area (Å²) < 4.78 is 11.0. The van der Waals surface area contributed by atoms with Crippen molar-refractivity contribution >= 4 is 23.3 Å². The van der Waals surface area contributed by atoms with Crippen molar-refractivity contribution in [2.75, 3.05) is 18.1 Å². The molecule has 1 radical (unpaired) electrons. The highest BCUT2D eigenvalue weighted by Crippen LogP contribution is 2.42. The van der Waals surface area contributed by atoms with Crippen LogP contribution in [0.25, 0.3) is 0 Å². The first-order valence-corrected chi connectivity index (χ1v) is 7.10. The number of amides is 1. The second-order valence-electron chi connectivity index (χ2n) is 5.40. The summed E-state index contributed by atoms with van der Waals surface area (Å²) in [5.41, 5.74) is 1.48. The van der Waals surface area contributed by atoms with Gasteiger partial charge in [0, 0.05) is 6.07 Å². The van der Waals surface area contributed by atoms with Gasteiger partial charge in [-0.1, -0.05) is 6.07 Å². The van der Waals surface area contributed by atoms with Crippen molar-refractivity contribution in [3.63, 3.8) is 0 Å². The number of aliphatic hydroxyl groups excluding tert-OH is 1. The van der Waals surface area contributed by atoms with E-state index in [4.69, 9.17) is 9.47 Å². The quantitative estimate of drug-likeness (QED) is 0.839. The van der Waals surface area contributed by atoms with Crippen LogP contribution in [-0.2, 0) is 4.74 Å². The molecule has 1 saturated heterocycles. The summed E-state index contributed by atoms with van der Waals surface area (Å²) in [5, 5.41) is 9.63. The van der Waals surface area contributed by atoms with Crippen LogP contribution in [0.5, 0.6) is 5.75 Å². The molecule has 3 aliphatic heterocycles. The summed E-state index contributed by atoms with van der Waals surface area (Å²) in [5.74, 6) is 1.44. The zero-order chi connectivity index (χ0) is 15.3. The smallest absolute Gasteiger partial charge is 0.414 e. The van der Waals surface area contributed by atoms with Gasteiger partial charge in [-0.3, -0.25) is 4.90 Å². The highest BCUT2D eigenvalue weighted by atomic mass is 16.6. The Labute approximate surface area is 127 Å². The highest BCUT2D eigenvalue weighted by Gasteiger charge is 2.42. The van der Waals surface area contributed by atoms with E-state index in [9.17, 15) is 9.90 Å². The van der Waals surface area contributed by atoms with E-state index in [1.54, 1.807) is 13.1 Å². The Morgan fingerprint density at radius 3 is 3.14 bits per heavy atom. The van der Waals surface area contributed by atoms with Gasteiger partial charge in [-0.05, 0) is 17.9 Å². The summed E-state index contributed by atoms with van der Waals surface area (Å²) in [6.45, 7) is 2.25. The van der Waals surface area contributed by atoms with Crippen LogP contribution < -0.4 is 14.5 Å². The molecule has 3 aliphatic rings. The first-order chi connectivity index (χ1) is 10.6. The zero-order valence-electron chi connectivity index (χ0n) is 12.0. The molecule has 1 aromatic carbocycles. The van der Waals surface area contributed by atoms with Crippen molar-refractivity contribution in [3.8, 4) is 5.75 Å². The molecule has 113 valence electrons. The van der Waals surface area contributed by atoms with Gasteiger partial charge >= 0.3 is 11.9 Å². The molecule has 3 heterocycles. The summed E-state index contributed by atoms with van der Waals surface area (Å²) in [7, 11) is 0. The third-order valence-electron chi connectivity index (χ3n) is 3.96. The number of nitrogens with zero attached hydrogens (tertiary/aromatic N) is 3. The molecule has 7 heteroatoms. The molecule has 4 rings (SSSR count). The lowest BCUT2D eigenvalue weighted by molar-refractivity contribution is 0.0437. The first-order valence-electron chi connectivity index (χ1n) is 7.10. The fourth-order valence-electron chi connectivity index (χ4n) is 2.79. The molecule has 7 nitrogen and oxygen atoms in total. The molecular formula is C15H15N3O4+. The summed E-state index contributed by atoms with van der Waals surface area (Å²) in [6, 6.07) is 5.58. The molecule has 0 aromatic heterocycles. The number of cyclic esters (lactones) is 1. The SMILES string of the molecule is CC(O)[C@H]1CN(c2cccc3c2OCC2=NC=C[N+]23)C(=O)O1. The third-order valence-corrected chi connectivity index (χ3v) is 3.96. The lowest BCUT2D eigenvalue weighted by Crippen LogP contribution is -2.35. The van der Waals surface area contributed by atoms with Gasteiger partial charge in [0.05, 0.1) is 24.5 Å². The first kappa shape index (κ1) is 13.3. The van der Waals surface area contributed by atoms with Gasteiger partial charge in [0.15, 0.2) is 12.8 Å². The fourth-order valence-corrected chi connectivity index (χ4v) is 2.79. The lowest BCUT2D eigenvalue weighted by atomic mass is 10.1. The molecule has 0 spiro atoms. The molecule has 1 amide bonds. The van der Waals surface area contributed by atoms with Crippen LogP contribution in [0.1, 0.15) is 6.92 Å². The minimum absolute atomic E-state index is 0.299.